The maximum absolute atomic E-state index is 13.7. The Morgan fingerprint density at radius 3 is 2.61 bits per heavy atom. The van der Waals surface area contributed by atoms with Crippen molar-refractivity contribution in [2.45, 2.75) is 65.2 Å². The van der Waals surface area contributed by atoms with E-state index in [0.717, 1.165) is 0 Å². The van der Waals surface area contributed by atoms with Crippen molar-refractivity contribution in [3.63, 3.8) is 0 Å². The van der Waals surface area contributed by atoms with Gasteiger partial charge in [-0.05, 0) is 52.0 Å². The number of hydrogen-bond donors (Lipinski definition) is 3. The number of rotatable bonds is 10. The van der Waals surface area contributed by atoms with E-state index in [2.05, 4.69) is 10.1 Å². The molecule has 0 amide bonds. The van der Waals surface area contributed by atoms with Crippen LogP contribution in [0.5, 0.6) is 5.75 Å². The third kappa shape index (κ3) is 6.90. The summed E-state index contributed by atoms with van der Waals surface area (Å²) in [7, 11) is -4.13. The zero-order chi connectivity index (χ0) is 26.6. The molecule has 6 atom stereocenters. The van der Waals surface area contributed by atoms with Crippen LogP contribution < -0.4 is 15.2 Å². The number of carbonyl (C=O) groups is 1. The van der Waals surface area contributed by atoms with Crippen LogP contribution in [0.25, 0.3) is 0 Å². The van der Waals surface area contributed by atoms with Crippen molar-refractivity contribution in [2.24, 2.45) is 5.92 Å². The average molecular weight is 542 g/mol. The number of esters is 1. The van der Waals surface area contributed by atoms with E-state index >= 15 is 0 Å². The quantitative estimate of drug-likeness (QED) is 0.233. The number of aromatic nitrogens is 2. The van der Waals surface area contributed by atoms with E-state index in [1.807, 2.05) is 0 Å². The zero-order valence-corrected chi connectivity index (χ0v) is 22.5. The van der Waals surface area contributed by atoms with Crippen LogP contribution in [0.2, 0.25) is 0 Å². The van der Waals surface area contributed by atoms with Gasteiger partial charge in [0.1, 0.15) is 24.1 Å². The van der Waals surface area contributed by atoms with Crippen molar-refractivity contribution in [3.05, 3.63) is 57.2 Å². The molecule has 2 heterocycles. The fourth-order valence-electron chi connectivity index (χ4n) is 3.63. The molecular formula is C23H32N3O8PS. The Balaban J connectivity index is 1.77. The van der Waals surface area contributed by atoms with Crippen molar-refractivity contribution in [3.8, 4) is 5.75 Å². The van der Waals surface area contributed by atoms with Gasteiger partial charge in [0.2, 0.25) is 0 Å². The zero-order valence-electron chi connectivity index (χ0n) is 20.7. The van der Waals surface area contributed by atoms with Gasteiger partial charge in [0.25, 0.3) is 5.56 Å². The number of hydrogen-bond acceptors (Lipinski definition) is 9. The van der Waals surface area contributed by atoms with Crippen molar-refractivity contribution < 1.29 is 33.0 Å². The molecule has 11 nitrogen and oxygen atoms in total. The second-order valence-corrected chi connectivity index (χ2v) is 11.0. The Morgan fingerprint density at radius 2 is 1.97 bits per heavy atom. The lowest BCUT2D eigenvalue weighted by Gasteiger charge is -2.25. The van der Waals surface area contributed by atoms with Crippen molar-refractivity contribution in [1.82, 2.24) is 14.6 Å². The minimum Gasteiger partial charge on any atom is -0.462 e. The highest BCUT2D eigenvalue weighted by molar-refractivity contribution is 7.71. The number of benzene rings is 1. The molecule has 1 saturated heterocycles. The van der Waals surface area contributed by atoms with Crippen LogP contribution in [0, 0.1) is 17.6 Å². The van der Waals surface area contributed by atoms with Crippen molar-refractivity contribution in [1.29, 1.82) is 0 Å². The van der Waals surface area contributed by atoms with Gasteiger partial charge in [-0.15, -0.1) is 0 Å². The van der Waals surface area contributed by atoms with Gasteiger partial charge in [-0.1, -0.05) is 25.1 Å². The molecule has 3 rings (SSSR count). The number of ether oxygens (including phenoxy) is 2. The van der Waals surface area contributed by atoms with Gasteiger partial charge in [0, 0.05) is 17.7 Å². The molecule has 0 radical (unpaired) electrons. The second kappa shape index (κ2) is 11.8. The van der Waals surface area contributed by atoms with Crippen LogP contribution in [-0.2, 0) is 23.4 Å². The largest absolute Gasteiger partial charge is 0.462 e. The molecule has 0 aliphatic carbocycles. The van der Waals surface area contributed by atoms with Gasteiger partial charge in [-0.25, -0.2) is 4.57 Å². The lowest BCUT2D eigenvalue weighted by Crippen LogP contribution is -2.37. The minimum atomic E-state index is -4.13. The van der Waals surface area contributed by atoms with Crippen LogP contribution in [0.3, 0.4) is 0 Å². The summed E-state index contributed by atoms with van der Waals surface area (Å²) in [6, 6.07) is 7.33. The molecule has 0 bridgehead atoms. The molecule has 0 saturated carbocycles. The minimum absolute atomic E-state index is 0.147. The Labute approximate surface area is 214 Å². The van der Waals surface area contributed by atoms with Gasteiger partial charge < -0.3 is 19.1 Å². The highest BCUT2D eigenvalue weighted by atomic mass is 32.1. The Kier molecular flexibility index (Phi) is 9.26. The van der Waals surface area contributed by atoms with E-state index in [9.17, 15) is 19.3 Å². The van der Waals surface area contributed by atoms with Crippen LogP contribution in [-0.4, -0.2) is 51.6 Å². The highest BCUT2D eigenvalue weighted by Gasteiger charge is 2.44. The number of aliphatic hydroxyl groups excluding tert-OH is 1. The SMILES string of the molecule is Cc1cn([C@H]2O[C@@H](COP(=O)(N[C@@H](C)C(=O)OC(C)C)Oc3ccccc3)C(O)[C@H]2C)c(=S)[nH]c1=O. The second-order valence-electron chi connectivity index (χ2n) is 8.93. The summed E-state index contributed by atoms with van der Waals surface area (Å²) in [5.41, 5.74) is 0.123. The van der Waals surface area contributed by atoms with Crippen LogP contribution in [0.15, 0.2) is 41.3 Å². The smallest absolute Gasteiger partial charge is 0.459 e. The first-order valence-corrected chi connectivity index (χ1v) is 13.5. The topological polar surface area (TPSA) is 141 Å². The standard InChI is InChI=1S/C23H32N3O8PS/c1-13(2)32-22(29)16(5)25-35(30,34-17-9-7-6-8-10-17)31-12-18-19(27)15(4)21(33-18)26-11-14(3)20(28)24-23(26)36/h6-11,13,15-16,18-19,21,27H,12H2,1-5H3,(H,25,30)(H,24,28,36)/t15-,16+,18+,19?,21+,35?/m1/s1. The molecule has 1 aromatic heterocycles. The van der Waals surface area contributed by atoms with Crippen molar-refractivity contribution in [2.75, 3.05) is 6.61 Å². The van der Waals surface area contributed by atoms with Crippen LogP contribution in [0.1, 0.15) is 39.5 Å². The van der Waals surface area contributed by atoms with Gasteiger partial charge in [-0.2, -0.15) is 5.09 Å². The van der Waals surface area contributed by atoms with E-state index in [4.69, 9.17) is 30.7 Å². The van der Waals surface area contributed by atoms with Crippen molar-refractivity contribution >= 4 is 25.9 Å². The summed E-state index contributed by atoms with van der Waals surface area (Å²) in [4.78, 5) is 26.7. The van der Waals surface area contributed by atoms with Crippen LogP contribution >= 0.6 is 20.0 Å². The lowest BCUT2D eigenvalue weighted by molar-refractivity contribution is -0.149. The van der Waals surface area contributed by atoms with Gasteiger partial charge >= 0.3 is 13.7 Å². The fourth-order valence-corrected chi connectivity index (χ4v) is 5.38. The molecule has 198 valence electrons. The normalized spacial score (nSPS) is 24.3. The average Bonchev–Trinajstić information content (AvgIpc) is 3.08. The number of aryl methyl sites for hydroxylation is 1. The Bertz CT molecular complexity index is 1220. The molecule has 1 aliphatic rings. The molecule has 2 aromatic rings. The monoisotopic (exact) mass is 541 g/mol. The van der Waals surface area contributed by atoms with E-state index in [1.54, 1.807) is 68.8 Å². The van der Waals surface area contributed by atoms with E-state index in [0.29, 0.717) is 5.56 Å². The molecule has 36 heavy (non-hydrogen) atoms. The molecule has 1 fully saturated rings. The van der Waals surface area contributed by atoms with Gasteiger partial charge in [-0.3, -0.25) is 23.7 Å². The summed E-state index contributed by atoms with van der Waals surface area (Å²) in [6.45, 7) is 7.96. The first-order chi connectivity index (χ1) is 16.9. The predicted molar refractivity (Wildman–Crippen MR) is 134 cm³/mol. The predicted octanol–water partition coefficient (Wildman–Crippen LogP) is 3.24. The summed E-state index contributed by atoms with van der Waals surface area (Å²) in [5.74, 6) is -0.802. The maximum Gasteiger partial charge on any atom is 0.459 e. The number of H-pyrrole nitrogens is 1. The van der Waals surface area contributed by atoms with Gasteiger partial charge in [0.15, 0.2) is 4.77 Å². The van der Waals surface area contributed by atoms with Gasteiger partial charge in [0.05, 0.1) is 18.8 Å². The van der Waals surface area contributed by atoms with E-state index in [-0.39, 0.29) is 28.8 Å². The Morgan fingerprint density at radius 1 is 1.31 bits per heavy atom. The molecule has 3 N–H and O–H groups in total. The first kappa shape index (κ1) is 28.2. The lowest BCUT2D eigenvalue weighted by atomic mass is 10.0. The van der Waals surface area contributed by atoms with E-state index < -0.39 is 44.1 Å². The molecule has 13 heteroatoms. The van der Waals surface area contributed by atoms with E-state index in [1.165, 1.54) is 6.92 Å². The first-order valence-electron chi connectivity index (χ1n) is 11.5. The summed E-state index contributed by atoms with van der Waals surface area (Å²) in [5, 5.41) is 13.4. The fraction of sp³-hybridized carbons (Fsp3) is 0.522. The molecule has 0 spiro atoms. The highest BCUT2D eigenvalue weighted by Crippen LogP contribution is 2.46. The third-order valence-corrected chi connectivity index (χ3v) is 7.49. The number of carbonyl (C=O) groups excluding carboxylic acids is 1. The Hall–Kier alpha value is -2.34. The number of para-hydroxylation sites is 1. The van der Waals surface area contributed by atoms with Crippen LogP contribution in [0.4, 0.5) is 0 Å². The summed E-state index contributed by atoms with van der Waals surface area (Å²) < 4.78 is 37.8. The number of aromatic amines is 1. The molecule has 1 aromatic carbocycles. The molecule has 1 aliphatic heterocycles. The number of aliphatic hydroxyl groups is 1. The summed E-state index contributed by atoms with van der Waals surface area (Å²) >= 11 is 5.26. The summed E-state index contributed by atoms with van der Waals surface area (Å²) in [6.07, 6.45) is -1.39. The molecular weight excluding hydrogens is 509 g/mol. The maximum atomic E-state index is 13.7. The number of nitrogens with zero attached hydrogens (tertiary/aromatic N) is 1. The number of nitrogens with one attached hydrogen (secondary N) is 2. The third-order valence-electron chi connectivity index (χ3n) is 5.54. The molecule has 2 unspecified atom stereocenters.